The molecule has 3 rings (SSSR count). The first-order chi connectivity index (χ1) is 11.6. The Morgan fingerprint density at radius 3 is 1.75 bits per heavy atom. The van der Waals surface area contributed by atoms with Crippen molar-refractivity contribution in [2.24, 2.45) is 11.8 Å². The number of benzene rings is 2. The minimum atomic E-state index is -1.52. The molecule has 2 aromatic carbocycles. The number of rotatable bonds is 5. The first-order valence-electron chi connectivity index (χ1n) is 8.70. The molecule has 2 N–H and O–H groups in total. The van der Waals surface area contributed by atoms with Crippen LogP contribution in [-0.2, 0) is 10.4 Å². The lowest BCUT2D eigenvalue weighted by Crippen LogP contribution is -2.45. The van der Waals surface area contributed by atoms with Crippen LogP contribution in [0.4, 0.5) is 0 Å². The van der Waals surface area contributed by atoms with Gasteiger partial charge in [-0.05, 0) is 29.9 Å². The van der Waals surface area contributed by atoms with Gasteiger partial charge in [-0.1, -0.05) is 79.9 Å². The summed E-state index contributed by atoms with van der Waals surface area (Å²) in [5, 5.41) is 21.8. The summed E-state index contributed by atoms with van der Waals surface area (Å²) in [6, 6.07) is 18.5. The van der Waals surface area contributed by atoms with E-state index in [1.807, 2.05) is 60.7 Å². The minimum Gasteiger partial charge on any atom is -0.481 e. The van der Waals surface area contributed by atoms with Crippen LogP contribution in [0.25, 0.3) is 0 Å². The zero-order chi connectivity index (χ0) is 17.0. The average molecular weight is 324 g/mol. The number of hydrogen-bond donors (Lipinski definition) is 2. The maximum Gasteiger partial charge on any atom is 0.310 e. The molecule has 1 fully saturated rings. The molecule has 2 aromatic rings. The van der Waals surface area contributed by atoms with E-state index in [4.69, 9.17) is 0 Å². The highest BCUT2D eigenvalue weighted by Crippen LogP contribution is 2.45. The SMILES string of the molecule is O=C(O)C(C1CCCCC1)C(O)(c1ccccc1)c1ccccc1. The van der Waals surface area contributed by atoms with Crippen LogP contribution >= 0.6 is 0 Å². The Bertz CT molecular complexity index is 620. The van der Waals surface area contributed by atoms with Crippen molar-refractivity contribution in [2.45, 2.75) is 37.7 Å². The zero-order valence-corrected chi connectivity index (χ0v) is 13.8. The second-order valence-electron chi connectivity index (χ2n) is 6.71. The van der Waals surface area contributed by atoms with Crippen LogP contribution in [0.15, 0.2) is 60.7 Å². The van der Waals surface area contributed by atoms with Gasteiger partial charge in [-0.3, -0.25) is 4.79 Å². The fourth-order valence-electron chi connectivity index (χ4n) is 4.10. The van der Waals surface area contributed by atoms with Gasteiger partial charge in [-0.25, -0.2) is 0 Å². The number of carbonyl (C=O) groups is 1. The van der Waals surface area contributed by atoms with Crippen LogP contribution in [0.1, 0.15) is 43.2 Å². The van der Waals surface area contributed by atoms with Crippen molar-refractivity contribution in [2.75, 3.05) is 0 Å². The number of carboxylic acid groups (broad SMARTS) is 1. The molecule has 0 aromatic heterocycles. The van der Waals surface area contributed by atoms with Crippen molar-refractivity contribution < 1.29 is 15.0 Å². The van der Waals surface area contributed by atoms with E-state index in [2.05, 4.69) is 0 Å². The van der Waals surface area contributed by atoms with Crippen molar-refractivity contribution in [3.8, 4) is 0 Å². The summed E-state index contributed by atoms with van der Waals surface area (Å²) >= 11 is 0. The second kappa shape index (κ2) is 7.18. The normalized spacial score (nSPS) is 17.4. The molecule has 0 bridgehead atoms. The molecular formula is C21H24O3. The fraction of sp³-hybridized carbons (Fsp3) is 0.381. The summed E-state index contributed by atoms with van der Waals surface area (Å²) in [4.78, 5) is 12.2. The van der Waals surface area contributed by atoms with Crippen LogP contribution in [0.2, 0.25) is 0 Å². The Labute approximate surface area is 143 Å². The quantitative estimate of drug-likeness (QED) is 0.866. The number of carboxylic acids is 1. The van der Waals surface area contributed by atoms with Crippen LogP contribution in [-0.4, -0.2) is 16.2 Å². The summed E-state index contributed by atoms with van der Waals surface area (Å²) in [5.41, 5.74) is -0.223. The third kappa shape index (κ3) is 3.09. The van der Waals surface area contributed by atoms with Gasteiger partial charge in [-0.2, -0.15) is 0 Å². The smallest absolute Gasteiger partial charge is 0.310 e. The summed E-state index contributed by atoms with van der Waals surface area (Å²) in [6.45, 7) is 0. The minimum absolute atomic E-state index is 0.0123. The molecule has 0 amide bonds. The van der Waals surface area contributed by atoms with Crippen molar-refractivity contribution in [3.63, 3.8) is 0 Å². The lowest BCUT2D eigenvalue weighted by molar-refractivity contribution is -0.155. The van der Waals surface area contributed by atoms with Gasteiger partial charge in [0.05, 0.1) is 5.92 Å². The van der Waals surface area contributed by atoms with Crippen LogP contribution in [0.3, 0.4) is 0 Å². The summed E-state index contributed by atoms with van der Waals surface area (Å²) < 4.78 is 0. The monoisotopic (exact) mass is 324 g/mol. The molecule has 0 aliphatic heterocycles. The van der Waals surface area contributed by atoms with Gasteiger partial charge in [0.1, 0.15) is 5.60 Å². The number of aliphatic hydroxyl groups is 1. The van der Waals surface area contributed by atoms with Gasteiger partial charge in [0.15, 0.2) is 0 Å². The molecule has 1 atom stereocenters. The molecular weight excluding hydrogens is 300 g/mol. The average Bonchev–Trinajstić information content (AvgIpc) is 2.64. The summed E-state index contributed by atoms with van der Waals surface area (Å²) in [7, 11) is 0. The number of aliphatic carboxylic acids is 1. The van der Waals surface area contributed by atoms with E-state index in [1.54, 1.807) is 0 Å². The summed E-state index contributed by atoms with van der Waals surface area (Å²) in [6.07, 6.45) is 4.94. The fourth-order valence-corrected chi connectivity index (χ4v) is 4.10. The van der Waals surface area contributed by atoms with Crippen molar-refractivity contribution in [1.82, 2.24) is 0 Å². The van der Waals surface area contributed by atoms with E-state index in [0.29, 0.717) is 11.1 Å². The molecule has 1 saturated carbocycles. The van der Waals surface area contributed by atoms with Crippen LogP contribution < -0.4 is 0 Å². The predicted molar refractivity (Wildman–Crippen MR) is 93.6 cm³/mol. The van der Waals surface area contributed by atoms with Gasteiger partial charge in [-0.15, -0.1) is 0 Å². The zero-order valence-electron chi connectivity index (χ0n) is 13.8. The second-order valence-corrected chi connectivity index (χ2v) is 6.71. The molecule has 1 unspecified atom stereocenters. The Kier molecular flexibility index (Phi) is 5.00. The Morgan fingerprint density at radius 1 is 0.875 bits per heavy atom. The molecule has 0 spiro atoms. The van der Waals surface area contributed by atoms with Gasteiger partial charge in [0.2, 0.25) is 0 Å². The van der Waals surface area contributed by atoms with Gasteiger partial charge in [0, 0.05) is 0 Å². The van der Waals surface area contributed by atoms with Gasteiger partial charge < -0.3 is 10.2 Å². The third-order valence-electron chi connectivity index (χ3n) is 5.27. The first-order valence-corrected chi connectivity index (χ1v) is 8.70. The van der Waals surface area contributed by atoms with E-state index in [9.17, 15) is 15.0 Å². The maximum absolute atomic E-state index is 12.2. The predicted octanol–water partition coefficient (Wildman–Crippen LogP) is 4.20. The third-order valence-corrected chi connectivity index (χ3v) is 5.27. The molecule has 3 nitrogen and oxygen atoms in total. The molecule has 1 aliphatic carbocycles. The van der Waals surface area contributed by atoms with Gasteiger partial charge >= 0.3 is 5.97 Å². The van der Waals surface area contributed by atoms with Crippen molar-refractivity contribution in [1.29, 1.82) is 0 Å². The van der Waals surface area contributed by atoms with E-state index < -0.39 is 17.5 Å². The molecule has 0 heterocycles. The van der Waals surface area contributed by atoms with Gasteiger partial charge in [0.25, 0.3) is 0 Å². The van der Waals surface area contributed by atoms with Crippen LogP contribution in [0, 0.1) is 11.8 Å². The van der Waals surface area contributed by atoms with E-state index in [1.165, 1.54) is 0 Å². The van der Waals surface area contributed by atoms with Crippen LogP contribution in [0.5, 0.6) is 0 Å². The maximum atomic E-state index is 12.2. The largest absolute Gasteiger partial charge is 0.481 e. The lowest BCUT2D eigenvalue weighted by Gasteiger charge is -2.40. The summed E-state index contributed by atoms with van der Waals surface area (Å²) in [5.74, 6) is -1.78. The van der Waals surface area contributed by atoms with E-state index in [0.717, 1.165) is 32.1 Å². The Balaban J connectivity index is 2.13. The first kappa shape index (κ1) is 16.7. The molecule has 126 valence electrons. The van der Waals surface area contributed by atoms with Crippen molar-refractivity contribution >= 4 is 5.97 Å². The highest BCUT2D eigenvalue weighted by atomic mass is 16.4. The topological polar surface area (TPSA) is 57.5 Å². The molecule has 3 heteroatoms. The molecule has 1 aliphatic rings. The molecule has 0 radical (unpaired) electrons. The van der Waals surface area contributed by atoms with E-state index >= 15 is 0 Å². The van der Waals surface area contributed by atoms with Crippen molar-refractivity contribution in [3.05, 3.63) is 71.8 Å². The molecule has 0 saturated heterocycles. The Morgan fingerprint density at radius 2 is 1.33 bits per heavy atom. The highest BCUT2D eigenvalue weighted by molar-refractivity contribution is 5.74. The number of hydrogen-bond acceptors (Lipinski definition) is 2. The lowest BCUT2D eigenvalue weighted by atomic mass is 9.67. The van der Waals surface area contributed by atoms with E-state index in [-0.39, 0.29) is 5.92 Å². The Hall–Kier alpha value is -2.13. The highest BCUT2D eigenvalue weighted by Gasteiger charge is 2.48. The molecule has 24 heavy (non-hydrogen) atoms. The standard InChI is InChI=1S/C21H24O3/c22-20(23)19(16-10-4-1-5-11-16)21(24,17-12-6-2-7-13-17)18-14-8-3-9-15-18/h2-3,6-9,12-16,19,24H,1,4-5,10-11H2,(H,22,23).